The molecule has 1 aliphatic rings. The van der Waals surface area contributed by atoms with E-state index in [0.29, 0.717) is 16.8 Å². The number of nitrogens with zero attached hydrogens (tertiary/aromatic N) is 3. The summed E-state index contributed by atoms with van der Waals surface area (Å²) in [5.41, 5.74) is 1.81. The van der Waals surface area contributed by atoms with Crippen LogP contribution in [0.2, 0.25) is 5.15 Å². The molecule has 0 radical (unpaired) electrons. The fourth-order valence-corrected chi connectivity index (χ4v) is 3.47. The highest BCUT2D eigenvalue weighted by Gasteiger charge is 2.27. The van der Waals surface area contributed by atoms with Gasteiger partial charge in [0.1, 0.15) is 16.7 Å². The number of pyridine rings is 1. The quantitative estimate of drug-likeness (QED) is 0.554. The summed E-state index contributed by atoms with van der Waals surface area (Å²) >= 11 is 7.88. The molecule has 4 rings (SSSR count). The Bertz CT molecular complexity index is 862. The minimum Gasteiger partial charge on any atom is -0.497 e. The van der Waals surface area contributed by atoms with Gasteiger partial charge in [-0.05, 0) is 31.0 Å². The molecule has 5 nitrogen and oxygen atoms in total. The number of hydrogen-bond acceptors (Lipinski definition) is 5. The summed E-state index contributed by atoms with van der Waals surface area (Å²) in [6, 6.07) is 7.86. The molecule has 0 atom stereocenters. The third kappa shape index (κ3) is 3.14. The zero-order chi connectivity index (χ0) is 15.8. The van der Waals surface area contributed by atoms with Gasteiger partial charge in [-0.25, -0.2) is 9.97 Å². The lowest BCUT2D eigenvalue weighted by molar-refractivity contribution is 0.415. The molecule has 0 bridgehead atoms. The lowest BCUT2D eigenvalue weighted by atomic mass is 10.1. The zero-order valence-electron chi connectivity index (χ0n) is 12.5. The predicted octanol–water partition coefficient (Wildman–Crippen LogP) is 4.18. The van der Waals surface area contributed by atoms with Gasteiger partial charge in [0, 0.05) is 28.7 Å². The first kappa shape index (κ1) is 14.8. The minimum absolute atomic E-state index is 0.510. The Morgan fingerprint density at radius 1 is 1.30 bits per heavy atom. The Kier molecular flexibility index (Phi) is 3.87. The van der Waals surface area contributed by atoms with Gasteiger partial charge in [0.2, 0.25) is 5.16 Å². The van der Waals surface area contributed by atoms with Crippen LogP contribution in [0.4, 0.5) is 0 Å². The SMILES string of the molecule is COc1ccc2cc(CSc3n[nH]c(C4CC4)n3)c(Cl)nc2c1. The summed E-state index contributed by atoms with van der Waals surface area (Å²) < 4.78 is 5.22. The predicted molar refractivity (Wildman–Crippen MR) is 91.2 cm³/mol. The Morgan fingerprint density at radius 2 is 2.17 bits per heavy atom. The number of aromatic amines is 1. The second-order valence-corrected chi connectivity index (χ2v) is 6.86. The molecule has 1 saturated carbocycles. The molecule has 7 heteroatoms. The molecule has 0 saturated heterocycles. The van der Waals surface area contributed by atoms with Crippen molar-refractivity contribution >= 4 is 34.3 Å². The Labute approximate surface area is 142 Å². The van der Waals surface area contributed by atoms with Crippen LogP contribution >= 0.6 is 23.4 Å². The van der Waals surface area contributed by atoms with Crippen molar-refractivity contribution in [3.63, 3.8) is 0 Å². The van der Waals surface area contributed by atoms with Gasteiger partial charge in [0.05, 0.1) is 12.6 Å². The van der Waals surface area contributed by atoms with Gasteiger partial charge >= 0.3 is 0 Å². The lowest BCUT2D eigenvalue weighted by Crippen LogP contribution is -1.90. The number of rotatable bonds is 5. The van der Waals surface area contributed by atoms with Crippen LogP contribution in [0.5, 0.6) is 5.75 Å². The summed E-state index contributed by atoms with van der Waals surface area (Å²) in [4.78, 5) is 8.98. The molecule has 23 heavy (non-hydrogen) atoms. The minimum atomic E-state index is 0.510. The number of ether oxygens (including phenoxy) is 1. The van der Waals surface area contributed by atoms with Gasteiger partial charge in [-0.2, -0.15) is 0 Å². The van der Waals surface area contributed by atoms with E-state index in [1.54, 1.807) is 18.9 Å². The Hall–Kier alpha value is -1.79. The van der Waals surface area contributed by atoms with Crippen LogP contribution in [0.25, 0.3) is 10.9 Å². The van der Waals surface area contributed by atoms with Crippen LogP contribution in [0.3, 0.4) is 0 Å². The average Bonchev–Trinajstić information content (AvgIpc) is 3.31. The molecule has 0 amide bonds. The Morgan fingerprint density at radius 3 is 2.96 bits per heavy atom. The van der Waals surface area contributed by atoms with Crippen molar-refractivity contribution in [3.05, 3.63) is 40.8 Å². The van der Waals surface area contributed by atoms with Gasteiger partial charge in [0.15, 0.2) is 0 Å². The fourth-order valence-electron chi connectivity index (χ4n) is 2.40. The largest absolute Gasteiger partial charge is 0.497 e. The molecule has 0 unspecified atom stereocenters. The number of methoxy groups -OCH3 is 1. The van der Waals surface area contributed by atoms with Gasteiger partial charge in [-0.1, -0.05) is 23.4 Å². The third-order valence-electron chi connectivity index (χ3n) is 3.85. The maximum absolute atomic E-state index is 6.32. The highest BCUT2D eigenvalue weighted by atomic mass is 35.5. The first-order chi connectivity index (χ1) is 11.2. The van der Waals surface area contributed by atoms with Crippen molar-refractivity contribution in [2.24, 2.45) is 0 Å². The van der Waals surface area contributed by atoms with E-state index in [-0.39, 0.29) is 0 Å². The standard InChI is InChI=1S/C16H15ClN4OS/c1-22-12-5-4-10-6-11(14(17)18-13(10)7-12)8-23-16-19-15(20-21-16)9-2-3-9/h4-7,9H,2-3,8H2,1H3,(H,19,20,21). The third-order valence-corrected chi connectivity index (χ3v) is 5.08. The van der Waals surface area contributed by atoms with E-state index in [0.717, 1.165) is 33.2 Å². The molecule has 0 spiro atoms. The van der Waals surface area contributed by atoms with Crippen LogP contribution in [0.1, 0.15) is 30.1 Å². The summed E-state index contributed by atoms with van der Waals surface area (Å²) in [6.45, 7) is 0. The number of aromatic nitrogens is 4. The van der Waals surface area contributed by atoms with Crippen LogP contribution in [-0.2, 0) is 5.75 Å². The number of fused-ring (bicyclic) bond motifs is 1. The molecule has 2 heterocycles. The molecular formula is C16H15ClN4OS. The van der Waals surface area contributed by atoms with E-state index in [9.17, 15) is 0 Å². The number of nitrogens with one attached hydrogen (secondary N) is 1. The maximum atomic E-state index is 6.32. The van der Waals surface area contributed by atoms with Gasteiger partial charge in [0.25, 0.3) is 0 Å². The van der Waals surface area contributed by atoms with Gasteiger partial charge < -0.3 is 4.74 Å². The molecule has 1 N–H and O–H groups in total. The number of halogens is 1. The van der Waals surface area contributed by atoms with Crippen molar-refractivity contribution in [1.82, 2.24) is 20.2 Å². The molecule has 1 aliphatic carbocycles. The van der Waals surface area contributed by atoms with E-state index >= 15 is 0 Å². The molecule has 1 aromatic carbocycles. The van der Waals surface area contributed by atoms with Crippen molar-refractivity contribution in [2.45, 2.75) is 29.7 Å². The monoisotopic (exact) mass is 346 g/mol. The molecule has 3 aromatic rings. The van der Waals surface area contributed by atoms with Crippen LogP contribution < -0.4 is 4.74 Å². The fraction of sp³-hybridized carbons (Fsp3) is 0.312. The molecule has 1 fully saturated rings. The summed E-state index contributed by atoms with van der Waals surface area (Å²) in [5.74, 6) is 3.05. The van der Waals surface area contributed by atoms with E-state index in [1.165, 1.54) is 12.8 Å². The molecule has 118 valence electrons. The normalized spacial score (nSPS) is 14.3. The van der Waals surface area contributed by atoms with Crippen LogP contribution in [0, 0.1) is 0 Å². The van der Waals surface area contributed by atoms with Crippen molar-refractivity contribution < 1.29 is 4.74 Å². The maximum Gasteiger partial charge on any atom is 0.208 e. The van der Waals surface area contributed by atoms with Gasteiger partial charge in [-0.3, -0.25) is 5.10 Å². The van der Waals surface area contributed by atoms with Crippen LogP contribution in [-0.4, -0.2) is 27.3 Å². The number of H-pyrrole nitrogens is 1. The highest BCUT2D eigenvalue weighted by molar-refractivity contribution is 7.98. The first-order valence-corrected chi connectivity index (χ1v) is 8.77. The second kappa shape index (κ2) is 6.02. The number of thioether (sulfide) groups is 1. The van der Waals surface area contributed by atoms with E-state index in [1.807, 2.05) is 18.2 Å². The number of benzene rings is 1. The summed E-state index contributed by atoms with van der Waals surface area (Å²) in [7, 11) is 1.64. The van der Waals surface area contributed by atoms with E-state index in [2.05, 4.69) is 26.2 Å². The smallest absolute Gasteiger partial charge is 0.208 e. The van der Waals surface area contributed by atoms with Crippen molar-refractivity contribution in [1.29, 1.82) is 0 Å². The molecule has 0 aliphatic heterocycles. The van der Waals surface area contributed by atoms with E-state index in [4.69, 9.17) is 16.3 Å². The lowest BCUT2D eigenvalue weighted by Gasteiger charge is -2.06. The van der Waals surface area contributed by atoms with Crippen molar-refractivity contribution in [3.8, 4) is 5.75 Å². The summed E-state index contributed by atoms with van der Waals surface area (Å²) in [6.07, 6.45) is 2.42. The first-order valence-electron chi connectivity index (χ1n) is 7.41. The highest BCUT2D eigenvalue weighted by Crippen LogP contribution is 2.38. The summed E-state index contributed by atoms with van der Waals surface area (Å²) in [5, 5.41) is 9.58. The van der Waals surface area contributed by atoms with Crippen molar-refractivity contribution in [2.75, 3.05) is 7.11 Å². The van der Waals surface area contributed by atoms with Gasteiger partial charge in [-0.15, -0.1) is 5.10 Å². The topological polar surface area (TPSA) is 63.7 Å². The average molecular weight is 347 g/mol. The molecular weight excluding hydrogens is 332 g/mol. The molecule has 2 aromatic heterocycles. The Balaban J connectivity index is 1.54. The zero-order valence-corrected chi connectivity index (χ0v) is 14.1. The number of hydrogen-bond donors (Lipinski definition) is 1. The second-order valence-electron chi connectivity index (χ2n) is 5.56. The van der Waals surface area contributed by atoms with E-state index < -0.39 is 0 Å². The van der Waals surface area contributed by atoms with Crippen LogP contribution in [0.15, 0.2) is 29.4 Å².